The first-order valence-electron chi connectivity index (χ1n) is 5.78. The van der Waals surface area contributed by atoms with Crippen LogP contribution in [0.2, 0.25) is 0 Å². The van der Waals surface area contributed by atoms with Crippen molar-refractivity contribution in [3.63, 3.8) is 0 Å². The summed E-state index contributed by atoms with van der Waals surface area (Å²) >= 11 is 1.16. The van der Waals surface area contributed by atoms with Crippen LogP contribution in [0.25, 0.3) is 0 Å². The summed E-state index contributed by atoms with van der Waals surface area (Å²) in [6, 6.07) is 3.53. The fraction of sp³-hybridized carbons (Fsp3) is 0.250. The Kier molecular flexibility index (Phi) is 4.23. The molecule has 3 N–H and O–H groups in total. The zero-order valence-corrected chi connectivity index (χ0v) is 11.2. The molecular formula is C12H12FN3O3S. The minimum Gasteiger partial charge on any atom is -0.366 e. The summed E-state index contributed by atoms with van der Waals surface area (Å²) in [4.78, 5) is 35.5. The van der Waals surface area contributed by atoms with E-state index in [0.717, 1.165) is 23.9 Å². The second kappa shape index (κ2) is 5.91. The molecule has 3 amide bonds. The molecule has 0 spiro atoms. The molecule has 0 aromatic heterocycles. The van der Waals surface area contributed by atoms with E-state index in [2.05, 4.69) is 5.32 Å². The third-order valence-corrected chi connectivity index (χ3v) is 3.59. The highest BCUT2D eigenvalue weighted by Gasteiger charge is 2.23. The van der Waals surface area contributed by atoms with Gasteiger partial charge in [0.25, 0.3) is 11.1 Å². The van der Waals surface area contributed by atoms with Gasteiger partial charge >= 0.3 is 0 Å². The van der Waals surface area contributed by atoms with Crippen LogP contribution in [0.1, 0.15) is 10.4 Å². The molecule has 1 aromatic carbocycles. The standard InChI is InChI=1S/C12H12FN3O3S/c13-9-2-1-7(5-8(9)11(14)18)15-10(17)6-16-3-4-20-12(16)19/h1-2,5H,3-4,6H2,(H2,14,18)(H,15,17). The Morgan fingerprint density at radius 2 is 2.20 bits per heavy atom. The zero-order valence-electron chi connectivity index (χ0n) is 10.4. The molecule has 1 fully saturated rings. The van der Waals surface area contributed by atoms with Gasteiger partial charge in [-0.3, -0.25) is 14.4 Å². The average Bonchev–Trinajstić information content (AvgIpc) is 2.77. The minimum absolute atomic E-state index is 0.0743. The molecular weight excluding hydrogens is 285 g/mol. The van der Waals surface area contributed by atoms with Crippen molar-refractivity contribution in [2.24, 2.45) is 5.73 Å². The number of amides is 3. The lowest BCUT2D eigenvalue weighted by Gasteiger charge is -2.14. The Bertz CT molecular complexity index is 579. The fourth-order valence-electron chi connectivity index (χ4n) is 1.74. The molecule has 0 aliphatic carbocycles. The summed E-state index contributed by atoms with van der Waals surface area (Å²) < 4.78 is 13.3. The summed E-state index contributed by atoms with van der Waals surface area (Å²) in [7, 11) is 0. The lowest BCUT2D eigenvalue weighted by Crippen LogP contribution is -2.33. The molecule has 1 aliphatic heterocycles. The minimum atomic E-state index is -0.912. The Balaban J connectivity index is 2.02. The van der Waals surface area contributed by atoms with Crippen molar-refractivity contribution in [3.05, 3.63) is 29.6 Å². The molecule has 0 radical (unpaired) electrons. The van der Waals surface area contributed by atoms with Gasteiger partial charge in [0.05, 0.1) is 5.56 Å². The summed E-state index contributed by atoms with van der Waals surface area (Å²) in [5.74, 6) is -1.41. The molecule has 0 unspecified atom stereocenters. The van der Waals surface area contributed by atoms with Gasteiger partial charge in [0, 0.05) is 18.0 Å². The number of hydrogen-bond donors (Lipinski definition) is 2. The quantitative estimate of drug-likeness (QED) is 0.868. The second-order valence-electron chi connectivity index (χ2n) is 4.14. The van der Waals surface area contributed by atoms with Crippen molar-refractivity contribution < 1.29 is 18.8 Å². The number of hydrogen-bond acceptors (Lipinski definition) is 4. The van der Waals surface area contributed by atoms with Crippen LogP contribution in [0.5, 0.6) is 0 Å². The Hall–Kier alpha value is -2.09. The van der Waals surface area contributed by atoms with Crippen LogP contribution in [0.4, 0.5) is 14.9 Å². The topological polar surface area (TPSA) is 92.5 Å². The van der Waals surface area contributed by atoms with Gasteiger partial charge in [-0.1, -0.05) is 11.8 Å². The molecule has 1 saturated heterocycles. The van der Waals surface area contributed by atoms with Crippen LogP contribution >= 0.6 is 11.8 Å². The summed E-state index contributed by atoms with van der Waals surface area (Å²) in [5, 5.41) is 2.35. The first kappa shape index (κ1) is 14.3. The predicted octanol–water partition coefficient (Wildman–Crippen LogP) is 1.03. The Morgan fingerprint density at radius 3 is 2.80 bits per heavy atom. The number of thioether (sulfide) groups is 1. The predicted molar refractivity (Wildman–Crippen MR) is 73.0 cm³/mol. The van der Waals surface area contributed by atoms with Crippen LogP contribution in [0.3, 0.4) is 0 Å². The van der Waals surface area contributed by atoms with Crippen molar-refractivity contribution in [3.8, 4) is 0 Å². The summed E-state index contributed by atoms with van der Waals surface area (Å²) in [6.45, 7) is 0.446. The van der Waals surface area contributed by atoms with Gasteiger partial charge in [-0.05, 0) is 18.2 Å². The molecule has 2 rings (SSSR count). The molecule has 0 saturated carbocycles. The number of anilines is 1. The lowest BCUT2D eigenvalue weighted by molar-refractivity contribution is -0.116. The third-order valence-electron chi connectivity index (χ3n) is 2.69. The van der Waals surface area contributed by atoms with Crippen LogP contribution in [-0.4, -0.2) is 40.8 Å². The first-order valence-corrected chi connectivity index (χ1v) is 6.77. The Morgan fingerprint density at radius 1 is 1.45 bits per heavy atom. The molecule has 6 nitrogen and oxygen atoms in total. The Labute approximate surface area is 118 Å². The molecule has 106 valence electrons. The maximum Gasteiger partial charge on any atom is 0.282 e. The number of rotatable bonds is 4. The number of nitrogens with one attached hydrogen (secondary N) is 1. The smallest absolute Gasteiger partial charge is 0.282 e. The number of primary amides is 1. The SMILES string of the molecule is NC(=O)c1cc(NC(=O)CN2CCSC2=O)ccc1F. The molecule has 1 aliphatic rings. The largest absolute Gasteiger partial charge is 0.366 e. The summed E-state index contributed by atoms with van der Waals surface area (Å²) in [5.41, 5.74) is 4.98. The molecule has 0 bridgehead atoms. The van der Waals surface area contributed by atoms with Gasteiger partial charge in [-0.2, -0.15) is 0 Å². The van der Waals surface area contributed by atoms with Gasteiger partial charge < -0.3 is 16.0 Å². The maximum atomic E-state index is 13.3. The van der Waals surface area contributed by atoms with Crippen molar-refractivity contribution in [2.45, 2.75) is 0 Å². The van der Waals surface area contributed by atoms with Crippen molar-refractivity contribution >= 4 is 34.5 Å². The van der Waals surface area contributed by atoms with E-state index in [1.54, 1.807) is 0 Å². The molecule has 0 atom stereocenters. The van der Waals surface area contributed by atoms with E-state index in [-0.39, 0.29) is 23.0 Å². The molecule has 1 heterocycles. The van der Waals surface area contributed by atoms with Crippen LogP contribution in [0.15, 0.2) is 18.2 Å². The third kappa shape index (κ3) is 3.27. The average molecular weight is 297 g/mol. The van der Waals surface area contributed by atoms with Crippen molar-refractivity contribution in [1.82, 2.24) is 4.90 Å². The lowest BCUT2D eigenvalue weighted by atomic mass is 10.2. The zero-order chi connectivity index (χ0) is 14.7. The van der Waals surface area contributed by atoms with E-state index in [1.807, 2.05) is 0 Å². The number of halogens is 1. The van der Waals surface area contributed by atoms with E-state index in [9.17, 15) is 18.8 Å². The van der Waals surface area contributed by atoms with Crippen LogP contribution in [0, 0.1) is 5.82 Å². The van der Waals surface area contributed by atoms with Crippen LogP contribution in [-0.2, 0) is 4.79 Å². The highest BCUT2D eigenvalue weighted by molar-refractivity contribution is 8.13. The normalized spacial score (nSPS) is 14.4. The number of carbonyl (C=O) groups is 3. The molecule has 1 aromatic rings. The maximum absolute atomic E-state index is 13.3. The highest BCUT2D eigenvalue weighted by Crippen LogP contribution is 2.18. The first-order chi connectivity index (χ1) is 9.47. The van der Waals surface area contributed by atoms with E-state index < -0.39 is 17.6 Å². The van der Waals surface area contributed by atoms with Gasteiger partial charge in [-0.25, -0.2) is 4.39 Å². The van der Waals surface area contributed by atoms with Gasteiger partial charge in [0.1, 0.15) is 12.4 Å². The van der Waals surface area contributed by atoms with Crippen molar-refractivity contribution in [2.75, 3.05) is 24.2 Å². The molecule has 8 heteroatoms. The van der Waals surface area contributed by atoms with E-state index in [0.29, 0.717) is 12.3 Å². The number of nitrogens with two attached hydrogens (primary N) is 1. The number of benzene rings is 1. The second-order valence-corrected chi connectivity index (χ2v) is 5.19. The molecule has 20 heavy (non-hydrogen) atoms. The van der Waals surface area contributed by atoms with E-state index >= 15 is 0 Å². The number of carbonyl (C=O) groups excluding carboxylic acids is 3. The van der Waals surface area contributed by atoms with Crippen LogP contribution < -0.4 is 11.1 Å². The number of nitrogens with zero attached hydrogens (tertiary/aromatic N) is 1. The van der Waals surface area contributed by atoms with Gasteiger partial charge in [-0.15, -0.1) is 0 Å². The van der Waals surface area contributed by atoms with E-state index in [1.165, 1.54) is 11.0 Å². The fourth-order valence-corrected chi connectivity index (χ4v) is 2.56. The highest BCUT2D eigenvalue weighted by atomic mass is 32.2. The van der Waals surface area contributed by atoms with E-state index in [4.69, 9.17) is 5.73 Å². The summed E-state index contributed by atoms with van der Waals surface area (Å²) in [6.07, 6.45) is 0. The van der Waals surface area contributed by atoms with Gasteiger partial charge in [0.15, 0.2) is 0 Å². The monoisotopic (exact) mass is 297 g/mol. The van der Waals surface area contributed by atoms with Gasteiger partial charge in [0.2, 0.25) is 5.91 Å². The van der Waals surface area contributed by atoms with Crippen molar-refractivity contribution in [1.29, 1.82) is 0 Å².